The Labute approximate surface area is 183 Å². The molecule has 0 aliphatic carbocycles. The number of rotatable bonds is 1. The van der Waals surface area contributed by atoms with E-state index in [9.17, 15) is 0 Å². The third-order valence-corrected chi connectivity index (χ3v) is 7.02. The van der Waals surface area contributed by atoms with Gasteiger partial charge in [0.2, 0.25) is 5.52 Å². The Bertz CT molecular complexity index is 1660. The van der Waals surface area contributed by atoms with Gasteiger partial charge in [0.1, 0.15) is 12.6 Å². The van der Waals surface area contributed by atoms with E-state index >= 15 is 0 Å². The molecule has 0 spiro atoms. The van der Waals surface area contributed by atoms with Crippen molar-refractivity contribution >= 4 is 49.0 Å². The van der Waals surface area contributed by atoms with E-state index in [-0.39, 0.29) is 5.41 Å². The van der Waals surface area contributed by atoms with Gasteiger partial charge in [0.05, 0.1) is 16.4 Å². The summed E-state index contributed by atoms with van der Waals surface area (Å²) in [5.74, 6) is 0. The van der Waals surface area contributed by atoms with Gasteiger partial charge in [-0.3, -0.25) is 0 Å². The summed E-state index contributed by atoms with van der Waals surface area (Å²) in [5, 5.41) is 6.81. The topological polar surface area (TPSA) is 8.29 Å². The van der Waals surface area contributed by atoms with Gasteiger partial charge in [0.25, 0.3) is 0 Å². The van der Waals surface area contributed by atoms with Crippen molar-refractivity contribution in [1.29, 1.82) is 0 Å². The number of fused-ring (bicyclic) bond motifs is 5. The van der Waals surface area contributed by atoms with Crippen molar-refractivity contribution in [2.24, 2.45) is 12.5 Å². The van der Waals surface area contributed by atoms with Crippen molar-refractivity contribution < 1.29 is 4.57 Å². The number of benzene rings is 3. The molecule has 0 aliphatic rings. The van der Waals surface area contributed by atoms with Crippen LogP contribution in [0, 0.1) is 19.3 Å². The van der Waals surface area contributed by atoms with Crippen LogP contribution in [0.2, 0.25) is 0 Å². The monoisotopic (exact) mass is 405 g/mol. The predicted octanol–water partition coefficient (Wildman–Crippen LogP) is 7.02. The fourth-order valence-electron chi connectivity index (χ4n) is 5.67. The minimum atomic E-state index is 0.227. The zero-order valence-corrected chi connectivity index (χ0v) is 19.3. The molecule has 0 bridgehead atoms. The Balaban J connectivity index is 2.01. The molecule has 31 heavy (non-hydrogen) atoms. The second-order valence-corrected chi connectivity index (χ2v) is 10.5. The molecule has 0 N–H and O–H groups in total. The SMILES string of the molecule is Cc1cc2cccc3c2c(c1C)c1c2c(cc[n+]1C)c1cccc(CC(C)(C)C)c1n32. The Hall–Kier alpha value is -3.13. The zero-order chi connectivity index (χ0) is 21.7. The van der Waals surface area contributed by atoms with Crippen LogP contribution in [0.3, 0.4) is 0 Å². The highest BCUT2D eigenvalue weighted by Gasteiger charge is 2.26. The average Bonchev–Trinajstić information content (AvgIpc) is 3.04. The van der Waals surface area contributed by atoms with E-state index in [2.05, 4.69) is 105 Å². The minimum absolute atomic E-state index is 0.227. The number of hydrogen-bond acceptors (Lipinski definition) is 0. The number of aryl methyl sites for hydroxylation is 3. The fourth-order valence-corrected chi connectivity index (χ4v) is 5.67. The molecule has 0 fully saturated rings. The second-order valence-electron chi connectivity index (χ2n) is 10.5. The van der Waals surface area contributed by atoms with Crippen LogP contribution in [-0.4, -0.2) is 4.40 Å². The quantitative estimate of drug-likeness (QED) is 0.158. The fraction of sp³-hybridized carbons (Fsp3) is 0.276. The van der Waals surface area contributed by atoms with E-state index in [1.165, 1.54) is 65.7 Å². The number of nitrogens with zero attached hydrogens (tertiary/aromatic N) is 2. The van der Waals surface area contributed by atoms with E-state index in [0.717, 1.165) is 6.42 Å². The predicted molar refractivity (Wildman–Crippen MR) is 132 cm³/mol. The molecular formula is C29H29N2+. The molecule has 0 atom stereocenters. The minimum Gasteiger partial charge on any atom is -0.303 e. The van der Waals surface area contributed by atoms with Crippen molar-refractivity contribution in [3.8, 4) is 0 Å². The lowest BCUT2D eigenvalue weighted by atomic mass is 9.87. The van der Waals surface area contributed by atoms with E-state index < -0.39 is 0 Å². The summed E-state index contributed by atoms with van der Waals surface area (Å²) in [6, 6.07) is 18.3. The average molecular weight is 406 g/mol. The van der Waals surface area contributed by atoms with Crippen LogP contribution in [0.15, 0.2) is 54.7 Å². The molecule has 2 nitrogen and oxygen atoms in total. The smallest absolute Gasteiger partial charge is 0.238 e. The number of aromatic nitrogens is 2. The zero-order valence-electron chi connectivity index (χ0n) is 19.3. The Morgan fingerprint density at radius 2 is 1.61 bits per heavy atom. The summed E-state index contributed by atoms with van der Waals surface area (Å²) < 4.78 is 4.88. The molecule has 3 aromatic carbocycles. The first-order chi connectivity index (χ1) is 14.8. The summed E-state index contributed by atoms with van der Waals surface area (Å²) in [6.45, 7) is 11.5. The molecular weight excluding hydrogens is 376 g/mol. The molecule has 0 saturated carbocycles. The van der Waals surface area contributed by atoms with Crippen LogP contribution < -0.4 is 4.57 Å². The summed E-state index contributed by atoms with van der Waals surface area (Å²) >= 11 is 0. The Morgan fingerprint density at radius 1 is 0.871 bits per heavy atom. The van der Waals surface area contributed by atoms with Crippen LogP contribution in [0.5, 0.6) is 0 Å². The number of pyridine rings is 2. The maximum atomic E-state index is 2.56. The van der Waals surface area contributed by atoms with E-state index in [0.29, 0.717) is 0 Å². The lowest BCUT2D eigenvalue weighted by Crippen LogP contribution is -2.29. The number of para-hydroxylation sites is 1. The van der Waals surface area contributed by atoms with Crippen LogP contribution in [0.1, 0.15) is 37.5 Å². The summed E-state index contributed by atoms with van der Waals surface area (Å²) in [7, 11) is 2.19. The van der Waals surface area contributed by atoms with Gasteiger partial charge in [0, 0.05) is 22.2 Å². The normalized spacial score (nSPS) is 13.0. The van der Waals surface area contributed by atoms with Gasteiger partial charge in [-0.2, -0.15) is 4.57 Å². The first-order valence-corrected chi connectivity index (χ1v) is 11.2. The van der Waals surface area contributed by atoms with Gasteiger partial charge in [-0.15, -0.1) is 0 Å². The van der Waals surface area contributed by atoms with E-state index in [4.69, 9.17) is 0 Å². The van der Waals surface area contributed by atoms with Crippen LogP contribution in [0.25, 0.3) is 49.0 Å². The van der Waals surface area contributed by atoms with Gasteiger partial charge in [0.15, 0.2) is 6.20 Å². The third kappa shape index (κ3) is 2.42. The molecule has 6 rings (SSSR count). The molecule has 154 valence electrons. The molecule has 2 heteroatoms. The highest BCUT2D eigenvalue weighted by molar-refractivity contribution is 6.26. The van der Waals surface area contributed by atoms with E-state index in [1.807, 2.05) is 0 Å². The lowest BCUT2D eigenvalue weighted by molar-refractivity contribution is -0.644. The standard InChI is InChI=1S/C29H29N2/c1-17-15-19-9-8-12-23-25(19)24(18(17)2)28-27-22(13-14-30(28)6)21-11-7-10-20(16-29(3,4)5)26(21)31(23)27/h7-15H,16H2,1-6H3/q+1. The first-order valence-electron chi connectivity index (χ1n) is 11.2. The molecule has 0 unspecified atom stereocenters. The maximum Gasteiger partial charge on any atom is 0.238 e. The van der Waals surface area contributed by atoms with Crippen molar-refractivity contribution in [2.45, 2.75) is 41.0 Å². The summed E-state index contributed by atoms with van der Waals surface area (Å²) in [5.41, 5.74) is 9.76. The lowest BCUT2D eigenvalue weighted by Gasteiger charge is -2.20. The molecule has 0 saturated heterocycles. The van der Waals surface area contributed by atoms with Gasteiger partial charge in [-0.25, -0.2) is 0 Å². The first kappa shape index (κ1) is 18.6. The van der Waals surface area contributed by atoms with Crippen molar-refractivity contribution in [3.63, 3.8) is 0 Å². The van der Waals surface area contributed by atoms with Gasteiger partial charge >= 0.3 is 0 Å². The van der Waals surface area contributed by atoms with Crippen LogP contribution in [-0.2, 0) is 13.5 Å². The second kappa shape index (κ2) is 5.97. The molecule has 3 heterocycles. The molecule has 0 amide bonds. The Morgan fingerprint density at radius 3 is 2.39 bits per heavy atom. The van der Waals surface area contributed by atoms with Gasteiger partial charge < -0.3 is 4.40 Å². The van der Waals surface area contributed by atoms with Crippen LogP contribution in [0.4, 0.5) is 0 Å². The van der Waals surface area contributed by atoms with Crippen molar-refractivity contribution in [2.75, 3.05) is 0 Å². The molecule has 3 aromatic heterocycles. The van der Waals surface area contributed by atoms with Crippen LogP contribution >= 0.6 is 0 Å². The Kier molecular flexibility index (Phi) is 3.59. The number of hydrogen-bond donors (Lipinski definition) is 0. The summed E-state index contributed by atoms with van der Waals surface area (Å²) in [4.78, 5) is 0. The van der Waals surface area contributed by atoms with Crippen molar-refractivity contribution in [1.82, 2.24) is 4.40 Å². The molecule has 0 radical (unpaired) electrons. The molecule has 6 aromatic rings. The third-order valence-electron chi connectivity index (χ3n) is 7.02. The van der Waals surface area contributed by atoms with Gasteiger partial charge in [-0.1, -0.05) is 57.2 Å². The molecule has 0 aliphatic heterocycles. The highest BCUT2D eigenvalue weighted by atomic mass is 15.0. The van der Waals surface area contributed by atoms with E-state index in [1.54, 1.807) is 0 Å². The highest BCUT2D eigenvalue weighted by Crippen LogP contribution is 2.42. The largest absolute Gasteiger partial charge is 0.303 e. The van der Waals surface area contributed by atoms with Crippen molar-refractivity contribution in [3.05, 3.63) is 71.4 Å². The maximum absolute atomic E-state index is 2.56. The summed E-state index contributed by atoms with van der Waals surface area (Å²) in [6.07, 6.45) is 3.29. The van der Waals surface area contributed by atoms with Gasteiger partial charge in [-0.05, 0) is 53.8 Å².